The van der Waals surface area contributed by atoms with E-state index in [1.165, 1.54) is 27.8 Å². The molecule has 5 saturated heterocycles. The third-order valence-corrected chi connectivity index (χ3v) is 10.7. The maximum absolute atomic E-state index is 5.86. The summed E-state index contributed by atoms with van der Waals surface area (Å²) in [7, 11) is 0. The van der Waals surface area contributed by atoms with Gasteiger partial charge in [0.2, 0.25) is 0 Å². The van der Waals surface area contributed by atoms with Gasteiger partial charge >= 0.3 is 0 Å². The van der Waals surface area contributed by atoms with Crippen LogP contribution < -0.4 is 23.7 Å². The molecule has 5 aliphatic heterocycles. The standard InChI is InChI=1S/C29H30O6.C19H20O4/c1-29(20-2-8-23(9-3-20)30-14-26-17-33-26,21-4-10-24(11-5-21)31-15-27-18-34-27)22-6-12-25(13-7-22)32-16-28-19-35-28;1-5-16(20-10-18-12-22-18)6-2-14(1)9-15-3-7-17(8-4-15)21-11-19-13-23-19/h2-13,26-28H,14-19H2,1H3;1-8,18-19H,9-13H2. The molecule has 5 atom stereocenters. The van der Waals surface area contributed by atoms with E-state index in [4.69, 9.17) is 47.4 Å². The Labute approximate surface area is 339 Å². The minimum absolute atomic E-state index is 0.236. The van der Waals surface area contributed by atoms with E-state index in [0.717, 1.165) is 68.2 Å². The summed E-state index contributed by atoms with van der Waals surface area (Å²) in [5, 5.41) is 0. The Kier molecular flexibility index (Phi) is 11.8. The monoisotopic (exact) mass is 786 g/mol. The van der Waals surface area contributed by atoms with Crippen LogP contribution in [-0.2, 0) is 35.5 Å². The Balaban J connectivity index is 0.000000164. The predicted octanol–water partition coefficient (Wildman–Crippen LogP) is 7.21. The van der Waals surface area contributed by atoms with Crippen molar-refractivity contribution >= 4 is 0 Å². The van der Waals surface area contributed by atoms with Gasteiger partial charge in [-0.25, -0.2) is 0 Å². The molecule has 10 heteroatoms. The third kappa shape index (κ3) is 11.1. The Morgan fingerprint density at radius 2 is 0.569 bits per heavy atom. The van der Waals surface area contributed by atoms with Crippen molar-refractivity contribution in [3.8, 4) is 28.7 Å². The SMILES string of the molecule is CC(c1ccc(OCC2CO2)cc1)(c1ccc(OCC2CO2)cc1)c1ccc(OCC2CO2)cc1.c1cc(OCC2CO2)ccc1Cc1ccc(OCC2CO2)cc1. The van der Waals surface area contributed by atoms with Gasteiger partial charge in [-0.1, -0.05) is 60.7 Å². The number of hydrogen-bond acceptors (Lipinski definition) is 10. The van der Waals surface area contributed by atoms with Crippen molar-refractivity contribution in [2.45, 2.75) is 49.3 Å². The molecule has 0 radical (unpaired) electrons. The smallest absolute Gasteiger partial charge is 0.119 e. The summed E-state index contributed by atoms with van der Waals surface area (Å²) in [6, 6.07) is 41.6. The van der Waals surface area contributed by atoms with Gasteiger partial charge in [-0.2, -0.15) is 0 Å². The van der Waals surface area contributed by atoms with E-state index in [1.807, 2.05) is 60.7 Å². The molecule has 5 aromatic rings. The van der Waals surface area contributed by atoms with E-state index >= 15 is 0 Å². The molecule has 10 nitrogen and oxygen atoms in total. The minimum atomic E-state index is -0.381. The number of rotatable bonds is 20. The lowest BCUT2D eigenvalue weighted by atomic mass is 9.71. The van der Waals surface area contributed by atoms with Crippen LogP contribution in [0.15, 0.2) is 121 Å². The summed E-state index contributed by atoms with van der Waals surface area (Å²) < 4.78 is 54.9. The van der Waals surface area contributed by atoms with Gasteiger partial charge in [0.15, 0.2) is 0 Å². The van der Waals surface area contributed by atoms with Crippen LogP contribution in [0.25, 0.3) is 0 Å². The molecule has 10 rings (SSSR count). The van der Waals surface area contributed by atoms with Crippen molar-refractivity contribution in [3.05, 3.63) is 149 Å². The van der Waals surface area contributed by atoms with Gasteiger partial charge in [-0.15, -0.1) is 0 Å². The second-order valence-electron chi connectivity index (χ2n) is 15.5. The first-order chi connectivity index (χ1) is 28.5. The summed E-state index contributed by atoms with van der Waals surface area (Å²) in [6.45, 7) is 9.34. The van der Waals surface area contributed by atoms with Crippen LogP contribution in [0.1, 0.15) is 34.7 Å². The van der Waals surface area contributed by atoms with E-state index < -0.39 is 0 Å². The van der Waals surface area contributed by atoms with Crippen molar-refractivity contribution in [3.63, 3.8) is 0 Å². The van der Waals surface area contributed by atoms with Gasteiger partial charge in [-0.3, -0.25) is 0 Å². The Morgan fingerprint density at radius 3 is 0.776 bits per heavy atom. The highest BCUT2D eigenvalue weighted by atomic mass is 16.6. The summed E-state index contributed by atoms with van der Waals surface area (Å²) in [5.74, 6) is 4.35. The molecule has 5 heterocycles. The summed E-state index contributed by atoms with van der Waals surface area (Å²) in [5.41, 5.74) is 5.67. The first-order valence-corrected chi connectivity index (χ1v) is 20.2. The van der Waals surface area contributed by atoms with E-state index in [9.17, 15) is 0 Å². The molecule has 58 heavy (non-hydrogen) atoms. The van der Waals surface area contributed by atoms with Crippen LogP contribution in [0, 0.1) is 0 Å². The quantitative estimate of drug-likeness (QED) is 0.0594. The van der Waals surface area contributed by atoms with E-state index in [1.54, 1.807) is 0 Å². The maximum Gasteiger partial charge on any atom is 0.119 e. The Bertz CT molecular complexity index is 1830. The van der Waals surface area contributed by atoms with Gasteiger partial charge in [0.25, 0.3) is 0 Å². The number of epoxide rings is 5. The zero-order chi connectivity index (χ0) is 39.2. The molecule has 0 N–H and O–H groups in total. The van der Waals surface area contributed by atoms with Crippen LogP contribution >= 0.6 is 0 Å². The van der Waals surface area contributed by atoms with Gasteiger partial charge < -0.3 is 47.4 Å². The van der Waals surface area contributed by atoms with Crippen molar-refractivity contribution in [1.29, 1.82) is 0 Å². The number of hydrogen-bond donors (Lipinski definition) is 0. The van der Waals surface area contributed by atoms with Crippen molar-refractivity contribution in [2.75, 3.05) is 66.1 Å². The summed E-state index contributed by atoms with van der Waals surface area (Å²) in [4.78, 5) is 0. The summed E-state index contributed by atoms with van der Waals surface area (Å²) >= 11 is 0. The first kappa shape index (κ1) is 38.4. The van der Waals surface area contributed by atoms with Gasteiger partial charge in [0.1, 0.15) is 92.3 Å². The molecule has 302 valence electrons. The van der Waals surface area contributed by atoms with Crippen LogP contribution in [0.5, 0.6) is 28.7 Å². The second-order valence-corrected chi connectivity index (χ2v) is 15.5. The van der Waals surface area contributed by atoms with Gasteiger partial charge in [-0.05, 0) is 102 Å². The maximum atomic E-state index is 5.86. The van der Waals surface area contributed by atoms with E-state index in [0.29, 0.717) is 45.2 Å². The highest BCUT2D eigenvalue weighted by molar-refractivity contribution is 5.52. The van der Waals surface area contributed by atoms with Crippen LogP contribution in [0.2, 0.25) is 0 Å². The largest absolute Gasteiger partial charge is 0.491 e. The molecule has 5 unspecified atom stereocenters. The third-order valence-electron chi connectivity index (χ3n) is 10.7. The Hall–Kier alpha value is -5.10. The molecule has 0 aromatic heterocycles. The lowest BCUT2D eigenvalue weighted by Crippen LogP contribution is -2.25. The topological polar surface area (TPSA) is 109 Å². The molecule has 0 bridgehead atoms. The normalized spacial score (nSPS) is 22.9. The van der Waals surface area contributed by atoms with E-state index in [-0.39, 0.29) is 23.7 Å². The van der Waals surface area contributed by atoms with Crippen molar-refractivity contribution in [1.82, 2.24) is 0 Å². The lowest BCUT2D eigenvalue weighted by Gasteiger charge is -2.32. The molecule has 5 aliphatic rings. The first-order valence-electron chi connectivity index (χ1n) is 20.2. The zero-order valence-corrected chi connectivity index (χ0v) is 32.8. The van der Waals surface area contributed by atoms with Gasteiger partial charge in [0, 0.05) is 5.41 Å². The number of ether oxygens (including phenoxy) is 10. The number of benzene rings is 5. The molecule has 0 spiro atoms. The molecule has 5 fully saturated rings. The molecule has 5 aromatic carbocycles. The fraction of sp³-hybridized carbons (Fsp3) is 0.375. The fourth-order valence-corrected chi connectivity index (χ4v) is 6.56. The van der Waals surface area contributed by atoms with Gasteiger partial charge in [0.05, 0.1) is 33.0 Å². The molecular weight excluding hydrogens is 737 g/mol. The van der Waals surface area contributed by atoms with Crippen LogP contribution in [0.4, 0.5) is 0 Å². The van der Waals surface area contributed by atoms with Crippen molar-refractivity contribution in [2.24, 2.45) is 0 Å². The average Bonchev–Trinajstić information content (AvgIpc) is 4.07. The molecular formula is C48H50O10. The zero-order valence-electron chi connectivity index (χ0n) is 32.8. The average molecular weight is 787 g/mol. The summed E-state index contributed by atoms with van der Waals surface area (Å²) in [6.07, 6.45) is 2.19. The highest BCUT2D eigenvalue weighted by Crippen LogP contribution is 2.41. The fourth-order valence-electron chi connectivity index (χ4n) is 6.56. The molecule has 0 saturated carbocycles. The molecule has 0 aliphatic carbocycles. The van der Waals surface area contributed by atoms with E-state index in [2.05, 4.69) is 67.6 Å². The van der Waals surface area contributed by atoms with Crippen LogP contribution in [0.3, 0.4) is 0 Å². The predicted molar refractivity (Wildman–Crippen MR) is 217 cm³/mol. The second kappa shape index (κ2) is 17.8. The van der Waals surface area contributed by atoms with Crippen LogP contribution in [-0.4, -0.2) is 96.6 Å². The highest BCUT2D eigenvalue weighted by Gasteiger charge is 2.32. The Morgan fingerprint density at radius 1 is 0.362 bits per heavy atom. The lowest BCUT2D eigenvalue weighted by molar-refractivity contribution is 0.262. The van der Waals surface area contributed by atoms with Crippen molar-refractivity contribution < 1.29 is 47.4 Å². The minimum Gasteiger partial charge on any atom is -0.491 e. The molecule has 0 amide bonds.